The maximum atomic E-state index is 12.2. The van der Waals surface area contributed by atoms with Gasteiger partial charge in [-0.2, -0.15) is 0 Å². The van der Waals surface area contributed by atoms with Gasteiger partial charge in [0.05, 0.1) is 12.8 Å². The second-order valence-corrected chi connectivity index (χ2v) is 10.1. The summed E-state index contributed by atoms with van der Waals surface area (Å²) in [6.45, 7) is 2.27. The van der Waals surface area contributed by atoms with Crippen LogP contribution in [0.15, 0.2) is 53.5 Å². The minimum Gasteiger partial charge on any atom is -0.437 e. The van der Waals surface area contributed by atoms with Crippen molar-refractivity contribution in [3.8, 4) is 11.5 Å². The van der Waals surface area contributed by atoms with Crippen LogP contribution in [0, 0.1) is 0 Å². The van der Waals surface area contributed by atoms with Crippen molar-refractivity contribution < 1.29 is 23.8 Å². The van der Waals surface area contributed by atoms with Gasteiger partial charge in [-0.25, -0.2) is 4.79 Å². The summed E-state index contributed by atoms with van der Waals surface area (Å²) in [7, 11) is 1.26. The van der Waals surface area contributed by atoms with E-state index < -0.39 is 6.16 Å². The number of carbonyl (C=O) groups is 2. The Morgan fingerprint density at radius 2 is 1.10 bits per heavy atom. The molecular formula is C33H47NO5. The first-order valence-electron chi connectivity index (χ1n) is 14.8. The summed E-state index contributed by atoms with van der Waals surface area (Å²) in [5, 5.41) is 0. The van der Waals surface area contributed by atoms with Crippen molar-refractivity contribution in [3.05, 3.63) is 54.1 Å². The minimum atomic E-state index is -0.762. The van der Waals surface area contributed by atoms with Gasteiger partial charge < -0.3 is 14.2 Å². The molecule has 0 atom stereocenters. The second kappa shape index (κ2) is 20.8. The lowest BCUT2D eigenvalue weighted by Crippen LogP contribution is -2.07. The molecule has 0 bridgehead atoms. The summed E-state index contributed by atoms with van der Waals surface area (Å²) in [5.74, 6) is 0.749. The highest BCUT2D eigenvalue weighted by Crippen LogP contribution is 2.19. The number of carbonyl (C=O) groups excluding carboxylic acids is 2. The molecule has 0 unspecified atom stereocenters. The molecule has 6 nitrogen and oxygen atoms in total. The van der Waals surface area contributed by atoms with Gasteiger partial charge in [-0.3, -0.25) is 9.79 Å². The smallest absolute Gasteiger partial charge is 0.437 e. The molecule has 0 aromatic heterocycles. The van der Waals surface area contributed by atoms with Gasteiger partial charge in [0.2, 0.25) is 0 Å². The van der Waals surface area contributed by atoms with Gasteiger partial charge in [-0.05, 0) is 60.5 Å². The number of hydrogen-bond donors (Lipinski definition) is 0. The number of methoxy groups -OCH3 is 1. The standard InChI is InChI=1S/C33H47NO5/c1-3-4-5-6-7-8-9-10-11-12-13-14-15-16-17-18-32(35)38-30-23-19-28(20-24-30)27-34-29-21-25-31(26-22-29)39-33(36)37-2/h19-27H,3-18H2,1-2H3/b34-27-. The molecule has 39 heavy (non-hydrogen) atoms. The van der Waals surface area contributed by atoms with Crippen LogP contribution in [0.25, 0.3) is 0 Å². The molecule has 0 N–H and O–H groups in total. The summed E-state index contributed by atoms with van der Waals surface area (Å²) in [5.41, 5.74) is 1.60. The average molecular weight is 538 g/mol. The Morgan fingerprint density at radius 1 is 0.641 bits per heavy atom. The van der Waals surface area contributed by atoms with Gasteiger partial charge in [0.1, 0.15) is 11.5 Å². The molecule has 0 fully saturated rings. The predicted octanol–water partition coefficient (Wildman–Crippen LogP) is 9.75. The summed E-state index contributed by atoms with van der Waals surface area (Å²) in [4.78, 5) is 27.7. The molecule has 2 rings (SSSR count). The van der Waals surface area contributed by atoms with Gasteiger partial charge in [0.15, 0.2) is 0 Å². The Balaban J connectivity index is 1.50. The Labute approximate surface area is 235 Å². The van der Waals surface area contributed by atoms with E-state index in [0.29, 0.717) is 23.6 Å². The highest BCUT2D eigenvalue weighted by Gasteiger charge is 2.05. The van der Waals surface area contributed by atoms with E-state index in [4.69, 9.17) is 9.47 Å². The molecule has 6 heteroatoms. The zero-order valence-corrected chi connectivity index (χ0v) is 24.0. The Bertz CT molecular complexity index is 953. The lowest BCUT2D eigenvalue weighted by Gasteiger charge is -2.05. The second-order valence-electron chi connectivity index (χ2n) is 10.1. The lowest BCUT2D eigenvalue weighted by molar-refractivity contribution is -0.134. The van der Waals surface area contributed by atoms with Crippen molar-refractivity contribution >= 4 is 24.0 Å². The zero-order chi connectivity index (χ0) is 28.0. The molecular weight excluding hydrogens is 490 g/mol. The maximum absolute atomic E-state index is 12.2. The van der Waals surface area contributed by atoms with Crippen molar-refractivity contribution in [2.75, 3.05) is 7.11 Å². The minimum absolute atomic E-state index is 0.180. The van der Waals surface area contributed by atoms with Gasteiger partial charge in [-0.1, -0.05) is 96.8 Å². The largest absolute Gasteiger partial charge is 0.513 e. The summed E-state index contributed by atoms with van der Waals surface area (Å²) < 4.78 is 14.9. The van der Waals surface area contributed by atoms with Crippen LogP contribution in [-0.4, -0.2) is 25.4 Å². The highest BCUT2D eigenvalue weighted by molar-refractivity contribution is 5.82. The number of aliphatic imine (C=N–C) groups is 1. The number of benzene rings is 2. The van der Waals surface area contributed by atoms with Crippen LogP contribution in [0.5, 0.6) is 11.5 Å². The van der Waals surface area contributed by atoms with Gasteiger partial charge in [-0.15, -0.1) is 0 Å². The van der Waals surface area contributed by atoms with E-state index in [1.165, 1.54) is 90.6 Å². The zero-order valence-electron chi connectivity index (χ0n) is 24.0. The molecule has 2 aromatic rings. The van der Waals surface area contributed by atoms with E-state index in [2.05, 4.69) is 16.7 Å². The van der Waals surface area contributed by atoms with Crippen molar-refractivity contribution in [1.29, 1.82) is 0 Å². The average Bonchev–Trinajstić information content (AvgIpc) is 2.95. The van der Waals surface area contributed by atoms with Crippen LogP contribution in [0.1, 0.15) is 115 Å². The third-order valence-corrected chi connectivity index (χ3v) is 6.66. The first-order valence-corrected chi connectivity index (χ1v) is 14.8. The maximum Gasteiger partial charge on any atom is 0.513 e. The number of nitrogens with zero attached hydrogens (tertiary/aromatic N) is 1. The van der Waals surface area contributed by atoms with E-state index in [-0.39, 0.29) is 5.97 Å². The molecule has 0 aliphatic heterocycles. The van der Waals surface area contributed by atoms with E-state index in [9.17, 15) is 9.59 Å². The molecule has 0 spiro atoms. The van der Waals surface area contributed by atoms with Crippen LogP contribution in [0.3, 0.4) is 0 Å². The molecule has 0 aliphatic carbocycles. The molecule has 2 aromatic carbocycles. The predicted molar refractivity (Wildman–Crippen MR) is 158 cm³/mol. The number of rotatable bonds is 20. The molecule has 0 heterocycles. The van der Waals surface area contributed by atoms with E-state index in [1.807, 2.05) is 12.1 Å². The monoisotopic (exact) mass is 537 g/mol. The van der Waals surface area contributed by atoms with Crippen LogP contribution < -0.4 is 9.47 Å². The van der Waals surface area contributed by atoms with Crippen LogP contribution in [-0.2, 0) is 9.53 Å². The third-order valence-electron chi connectivity index (χ3n) is 6.66. The molecule has 0 amide bonds. The fourth-order valence-corrected chi connectivity index (χ4v) is 4.33. The van der Waals surface area contributed by atoms with Crippen LogP contribution in [0.2, 0.25) is 0 Å². The van der Waals surface area contributed by atoms with E-state index in [1.54, 1.807) is 42.6 Å². The molecule has 0 radical (unpaired) electrons. The first kappa shape index (κ1) is 32.1. The first-order chi connectivity index (χ1) is 19.1. The van der Waals surface area contributed by atoms with Gasteiger partial charge >= 0.3 is 12.1 Å². The van der Waals surface area contributed by atoms with E-state index in [0.717, 1.165) is 18.4 Å². The fraction of sp³-hybridized carbons (Fsp3) is 0.545. The SMILES string of the molecule is CCCCCCCCCCCCCCCCCC(=O)Oc1ccc(/C=N\c2ccc(OC(=O)OC)cc2)cc1. The molecule has 0 aliphatic rings. The van der Waals surface area contributed by atoms with Crippen molar-refractivity contribution in [2.24, 2.45) is 4.99 Å². The van der Waals surface area contributed by atoms with Crippen molar-refractivity contribution in [3.63, 3.8) is 0 Å². The van der Waals surface area contributed by atoms with E-state index >= 15 is 0 Å². The molecule has 214 valence electrons. The van der Waals surface area contributed by atoms with Crippen molar-refractivity contribution in [1.82, 2.24) is 0 Å². The summed E-state index contributed by atoms with van der Waals surface area (Å²) in [6, 6.07) is 14.0. The number of ether oxygens (including phenoxy) is 3. The van der Waals surface area contributed by atoms with Crippen molar-refractivity contribution in [2.45, 2.75) is 110 Å². The Kier molecular flexibility index (Phi) is 17.1. The Morgan fingerprint density at radius 3 is 1.62 bits per heavy atom. The normalized spacial score (nSPS) is 11.0. The topological polar surface area (TPSA) is 74.2 Å². The Hall–Kier alpha value is -3.15. The van der Waals surface area contributed by atoms with Gasteiger partial charge in [0.25, 0.3) is 0 Å². The molecule has 0 saturated heterocycles. The lowest BCUT2D eigenvalue weighted by atomic mass is 10.0. The van der Waals surface area contributed by atoms with Gasteiger partial charge in [0, 0.05) is 12.6 Å². The highest BCUT2D eigenvalue weighted by atomic mass is 16.7. The van der Waals surface area contributed by atoms with Crippen LogP contribution in [0.4, 0.5) is 10.5 Å². The number of esters is 1. The number of hydrogen-bond acceptors (Lipinski definition) is 6. The summed E-state index contributed by atoms with van der Waals surface area (Å²) in [6.07, 6.45) is 21.0. The quantitative estimate of drug-likeness (QED) is 0.0552. The third kappa shape index (κ3) is 15.8. The summed E-state index contributed by atoms with van der Waals surface area (Å²) >= 11 is 0. The fourth-order valence-electron chi connectivity index (χ4n) is 4.33. The van der Waals surface area contributed by atoms with Crippen LogP contribution >= 0.6 is 0 Å². The number of unbranched alkanes of at least 4 members (excludes halogenated alkanes) is 14. The molecule has 0 saturated carbocycles.